The van der Waals surface area contributed by atoms with E-state index in [1.807, 2.05) is 11.8 Å². The number of carbonyl (C=O) groups excluding carboxylic acids is 1. The summed E-state index contributed by atoms with van der Waals surface area (Å²) in [7, 11) is 0. The summed E-state index contributed by atoms with van der Waals surface area (Å²) < 4.78 is 0. The molecular formula is C11H17ClN4O. The van der Waals surface area contributed by atoms with Crippen molar-refractivity contribution in [3.63, 3.8) is 0 Å². The third-order valence-corrected chi connectivity index (χ3v) is 3.29. The van der Waals surface area contributed by atoms with E-state index in [1.54, 1.807) is 6.20 Å². The van der Waals surface area contributed by atoms with Crippen LogP contribution in [0.25, 0.3) is 0 Å². The van der Waals surface area contributed by atoms with E-state index in [-0.39, 0.29) is 5.91 Å². The van der Waals surface area contributed by atoms with Crippen molar-refractivity contribution in [2.45, 2.75) is 6.92 Å². The smallest absolute Gasteiger partial charge is 0.257 e. The Labute approximate surface area is 106 Å². The first-order valence-electron chi connectivity index (χ1n) is 5.80. The van der Waals surface area contributed by atoms with Crippen molar-refractivity contribution in [1.29, 1.82) is 0 Å². The summed E-state index contributed by atoms with van der Waals surface area (Å²) in [6, 6.07) is 0. The lowest BCUT2D eigenvalue weighted by atomic mass is 10.2. The fourth-order valence-corrected chi connectivity index (χ4v) is 2.27. The fraction of sp³-hybridized carbons (Fsp3) is 0.636. The van der Waals surface area contributed by atoms with Crippen molar-refractivity contribution >= 4 is 17.5 Å². The van der Waals surface area contributed by atoms with Gasteiger partial charge in [-0.15, -0.1) is 11.6 Å². The average molecular weight is 257 g/mol. The number of carbonyl (C=O) groups is 1. The molecule has 0 radical (unpaired) electrons. The van der Waals surface area contributed by atoms with E-state index >= 15 is 0 Å². The molecule has 0 atom stereocenters. The molecule has 0 aliphatic carbocycles. The maximum Gasteiger partial charge on any atom is 0.257 e. The summed E-state index contributed by atoms with van der Waals surface area (Å²) in [5.41, 5.74) is 1.51. The molecule has 0 saturated carbocycles. The SMILES string of the molecule is Cc1[nH]ncc1C(=O)N1CCN(CCCl)CC1. The number of nitrogens with zero attached hydrogens (tertiary/aromatic N) is 3. The molecule has 0 aromatic carbocycles. The summed E-state index contributed by atoms with van der Waals surface area (Å²) in [6.07, 6.45) is 1.60. The highest BCUT2D eigenvalue weighted by atomic mass is 35.5. The molecule has 5 nitrogen and oxygen atoms in total. The van der Waals surface area contributed by atoms with Crippen LogP contribution in [-0.4, -0.2) is 64.5 Å². The minimum atomic E-state index is 0.0711. The molecule has 1 amide bonds. The summed E-state index contributed by atoms with van der Waals surface area (Å²) in [5.74, 6) is 0.719. The van der Waals surface area contributed by atoms with Crippen molar-refractivity contribution in [3.8, 4) is 0 Å². The lowest BCUT2D eigenvalue weighted by Gasteiger charge is -2.34. The van der Waals surface area contributed by atoms with Gasteiger partial charge in [-0.2, -0.15) is 5.10 Å². The largest absolute Gasteiger partial charge is 0.336 e. The maximum atomic E-state index is 12.2. The van der Waals surface area contributed by atoms with Gasteiger partial charge in [0.1, 0.15) is 0 Å². The Morgan fingerprint density at radius 3 is 2.71 bits per heavy atom. The summed E-state index contributed by atoms with van der Waals surface area (Å²) >= 11 is 5.70. The van der Waals surface area contributed by atoms with Crippen molar-refractivity contribution in [2.75, 3.05) is 38.6 Å². The van der Waals surface area contributed by atoms with Crippen molar-refractivity contribution in [1.82, 2.24) is 20.0 Å². The van der Waals surface area contributed by atoms with Crippen LogP contribution in [0.2, 0.25) is 0 Å². The number of aromatic amines is 1. The molecule has 1 aromatic heterocycles. The molecular weight excluding hydrogens is 240 g/mol. The maximum absolute atomic E-state index is 12.2. The molecule has 17 heavy (non-hydrogen) atoms. The molecule has 1 saturated heterocycles. The highest BCUT2D eigenvalue weighted by molar-refractivity contribution is 6.18. The molecule has 0 unspecified atom stereocenters. The Kier molecular flexibility index (Phi) is 4.02. The van der Waals surface area contributed by atoms with E-state index in [0.29, 0.717) is 11.4 Å². The number of amides is 1. The first-order valence-corrected chi connectivity index (χ1v) is 6.33. The number of hydrogen-bond acceptors (Lipinski definition) is 3. The summed E-state index contributed by atoms with van der Waals surface area (Å²) in [5, 5.41) is 6.67. The highest BCUT2D eigenvalue weighted by Gasteiger charge is 2.23. The second kappa shape index (κ2) is 5.51. The minimum absolute atomic E-state index is 0.0711. The molecule has 1 aromatic rings. The van der Waals surface area contributed by atoms with Gasteiger partial charge >= 0.3 is 0 Å². The van der Waals surface area contributed by atoms with E-state index in [2.05, 4.69) is 15.1 Å². The number of halogens is 1. The number of nitrogens with one attached hydrogen (secondary N) is 1. The first-order chi connectivity index (χ1) is 8.22. The minimum Gasteiger partial charge on any atom is -0.336 e. The predicted octanol–water partition coefficient (Wildman–Crippen LogP) is 0.715. The van der Waals surface area contributed by atoms with Crippen molar-refractivity contribution in [3.05, 3.63) is 17.5 Å². The van der Waals surface area contributed by atoms with E-state index in [0.717, 1.165) is 38.4 Å². The molecule has 1 fully saturated rings. The van der Waals surface area contributed by atoms with Gasteiger partial charge in [-0.1, -0.05) is 0 Å². The normalized spacial score (nSPS) is 17.4. The van der Waals surface area contributed by atoms with Crippen LogP contribution in [0.3, 0.4) is 0 Å². The molecule has 6 heteroatoms. The summed E-state index contributed by atoms with van der Waals surface area (Å²) in [4.78, 5) is 16.3. The number of rotatable bonds is 3. The van der Waals surface area contributed by atoms with Gasteiger partial charge in [-0.3, -0.25) is 14.8 Å². The van der Waals surface area contributed by atoms with Gasteiger partial charge in [-0.05, 0) is 6.92 Å². The molecule has 0 bridgehead atoms. The van der Waals surface area contributed by atoms with E-state index < -0.39 is 0 Å². The lowest BCUT2D eigenvalue weighted by Crippen LogP contribution is -2.49. The van der Waals surface area contributed by atoms with Crippen LogP contribution in [0.5, 0.6) is 0 Å². The third-order valence-electron chi connectivity index (χ3n) is 3.12. The van der Waals surface area contributed by atoms with Crippen LogP contribution >= 0.6 is 11.6 Å². The van der Waals surface area contributed by atoms with Gasteiger partial charge in [0.05, 0.1) is 11.8 Å². The van der Waals surface area contributed by atoms with Gasteiger partial charge in [0, 0.05) is 44.3 Å². The number of H-pyrrole nitrogens is 1. The number of alkyl halides is 1. The van der Waals surface area contributed by atoms with Crippen molar-refractivity contribution < 1.29 is 4.79 Å². The Bertz CT molecular complexity index is 385. The van der Waals surface area contributed by atoms with Gasteiger partial charge < -0.3 is 4.90 Å². The van der Waals surface area contributed by atoms with E-state index in [1.165, 1.54) is 0 Å². The summed E-state index contributed by atoms with van der Waals surface area (Å²) in [6.45, 7) is 6.09. The van der Waals surface area contributed by atoms with Gasteiger partial charge in [0.2, 0.25) is 0 Å². The molecule has 2 heterocycles. The average Bonchev–Trinajstić information content (AvgIpc) is 2.76. The first kappa shape index (κ1) is 12.4. The number of hydrogen-bond donors (Lipinski definition) is 1. The Morgan fingerprint density at radius 1 is 1.47 bits per heavy atom. The van der Waals surface area contributed by atoms with Crippen LogP contribution < -0.4 is 0 Å². The van der Waals surface area contributed by atoms with E-state index in [4.69, 9.17) is 11.6 Å². The Morgan fingerprint density at radius 2 is 2.18 bits per heavy atom. The van der Waals surface area contributed by atoms with E-state index in [9.17, 15) is 4.79 Å². The monoisotopic (exact) mass is 256 g/mol. The molecule has 1 aliphatic heterocycles. The standard InChI is InChI=1S/C11H17ClN4O/c1-9-10(8-13-14-9)11(17)16-6-4-15(3-2-12)5-7-16/h8H,2-7H2,1H3,(H,13,14). The molecule has 94 valence electrons. The van der Waals surface area contributed by atoms with Crippen LogP contribution in [-0.2, 0) is 0 Å². The molecule has 1 aliphatic rings. The zero-order valence-corrected chi connectivity index (χ0v) is 10.7. The lowest BCUT2D eigenvalue weighted by molar-refractivity contribution is 0.0643. The van der Waals surface area contributed by atoms with Crippen LogP contribution in [0.1, 0.15) is 16.1 Å². The van der Waals surface area contributed by atoms with Gasteiger partial charge in [-0.25, -0.2) is 0 Å². The van der Waals surface area contributed by atoms with Crippen molar-refractivity contribution in [2.24, 2.45) is 0 Å². The third kappa shape index (κ3) is 2.79. The van der Waals surface area contributed by atoms with Crippen LogP contribution in [0.4, 0.5) is 0 Å². The molecule has 1 N–H and O–H groups in total. The highest BCUT2D eigenvalue weighted by Crippen LogP contribution is 2.10. The number of piperazine rings is 1. The van der Waals surface area contributed by atoms with Gasteiger partial charge in [0.25, 0.3) is 5.91 Å². The molecule has 2 rings (SSSR count). The number of aryl methyl sites for hydroxylation is 1. The second-order valence-electron chi connectivity index (χ2n) is 4.23. The molecule has 0 spiro atoms. The van der Waals surface area contributed by atoms with Gasteiger partial charge in [0.15, 0.2) is 0 Å². The quantitative estimate of drug-likeness (QED) is 0.811. The van der Waals surface area contributed by atoms with Crippen LogP contribution in [0, 0.1) is 6.92 Å². The van der Waals surface area contributed by atoms with Crippen LogP contribution in [0.15, 0.2) is 6.20 Å². The second-order valence-corrected chi connectivity index (χ2v) is 4.61. The Balaban J connectivity index is 1.93. The zero-order valence-electron chi connectivity index (χ0n) is 9.95. The number of aromatic nitrogens is 2. The topological polar surface area (TPSA) is 52.2 Å². The fourth-order valence-electron chi connectivity index (χ4n) is 2.03. The Hall–Kier alpha value is -1.07. The zero-order chi connectivity index (χ0) is 12.3. The predicted molar refractivity (Wildman–Crippen MR) is 66.4 cm³/mol.